The summed E-state index contributed by atoms with van der Waals surface area (Å²) in [5, 5.41) is 9.66. The molecule has 0 amide bonds. The van der Waals surface area contributed by atoms with Crippen LogP contribution in [0.1, 0.15) is 16.8 Å². The fourth-order valence-electron chi connectivity index (χ4n) is 2.81. The monoisotopic (exact) mass is 396 g/mol. The standard InChI is InChI=1S/C20H17ClN4OS/c1-13-6-7-18(14(2)8-13)19-23-16(10-26-19)11-27-20-24-22-12-25(20)17-5-3-4-15(21)9-17/h3-10,12H,11H2,1-2H3. The fourth-order valence-corrected chi connectivity index (χ4v) is 3.81. The van der Waals surface area contributed by atoms with Crippen molar-refractivity contribution in [3.63, 3.8) is 0 Å². The quantitative estimate of drug-likeness (QED) is 0.418. The van der Waals surface area contributed by atoms with Crippen LogP contribution in [0.3, 0.4) is 0 Å². The molecule has 0 aliphatic heterocycles. The number of hydrogen-bond acceptors (Lipinski definition) is 5. The van der Waals surface area contributed by atoms with E-state index in [2.05, 4.69) is 41.2 Å². The van der Waals surface area contributed by atoms with Crippen LogP contribution in [0.4, 0.5) is 0 Å². The zero-order valence-electron chi connectivity index (χ0n) is 14.9. The first kappa shape index (κ1) is 17.8. The van der Waals surface area contributed by atoms with Crippen LogP contribution >= 0.6 is 23.4 Å². The van der Waals surface area contributed by atoms with Gasteiger partial charge in [0.05, 0.1) is 11.4 Å². The molecule has 0 saturated heterocycles. The molecule has 0 fully saturated rings. The van der Waals surface area contributed by atoms with Crippen LogP contribution in [-0.4, -0.2) is 19.7 Å². The van der Waals surface area contributed by atoms with E-state index >= 15 is 0 Å². The van der Waals surface area contributed by atoms with Crippen molar-refractivity contribution in [1.82, 2.24) is 19.7 Å². The topological polar surface area (TPSA) is 56.7 Å². The molecule has 2 heterocycles. The van der Waals surface area contributed by atoms with E-state index in [0.29, 0.717) is 16.7 Å². The highest BCUT2D eigenvalue weighted by atomic mass is 35.5. The van der Waals surface area contributed by atoms with Crippen LogP contribution in [0.5, 0.6) is 0 Å². The van der Waals surface area contributed by atoms with Gasteiger partial charge in [0.15, 0.2) is 5.16 Å². The molecule has 4 aromatic rings. The summed E-state index contributed by atoms with van der Waals surface area (Å²) in [6.07, 6.45) is 3.37. The molecule has 2 aromatic carbocycles. The molecule has 7 heteroatoms. The summed E-state index contributed by atoms with van der Waals surface area (Å²) in [5.41, 5.74) is 5.16. The molecule has 0 saturated carbocycles. The van der Waals surface area contributed by atoms with Crippen molar-refractivity contribution in [3.8, 4) is 17.1 Å². The molecular formula is C20H17ClN4OS. The van der Waals surface area contributed by atoms with Crippen LogP contribution in [0.25, 0.3) is 17.1 Å². The minimum atomic E-state index is 0.633. The normalized spacial score (nSPS) is 11.1. The van der Waals surface area contributed by atoms with Crippen LogP contribution in [0.2, 0.25) is 5.02 Å². The minimum Gasteiger partial charge on any atom is -0.444 e. The maximum Gasteiger partial charge on any atom is 0.226 e. The Balaban J connectivity index is 1.51. The van der Waals surface area contributed by atoms with Crippen molar-refractivity contribution in [2.45, 2.75) is 24.8 Å². The van der Waals surface area contributed by atoms with Gasteiger partial charge in [-0.05, 0) is 43.7 Å². The predicted molar refractivity (Wildman–Crippen MR) is 107 cm³/mol. The summed E-state index contributed by atoms with van der Waals surface area (Å²) in [6.45, 7) is 4.14. The van der Waals surface area contributed by atoms with Crippen LogP contribution < -0.4 is 0 Å². The lowest BCUT2D eigenvalue weighted by molar-refractivity contribution is 0.573. The van der Waals surface area contributed by atoms with E-state index in [-0.39, 0.29) is 0 Å². The molecule has 0 aliphatic carbocycles. The van der Waals surface area contributed by atoms with Gasteiger partial charge in [-0.2, -0.15) is 0 Å². The maximum absolute atomic E-state index is 6.09. The van der Waals surface area contributed by atoms with E-state index in [0.717, 1.165) is 27.7 Å². The second-order valence-corrected chi connectivity index (χ2v) is 7.59. The average Bonchev–Trinajstić information content (AvgIpc) is 3.29. The Bertz CT molecular complexity index is 1090. The number of nitrogens with zero attached hydrogens (tertiary/aromatic N) is 4. The molecule has 0 N–H and O–H groups in total. The van der Waals surface area contributed by atoms with Crippen LogP contribution in [0.15, 0.2) is 64.6 Å². The molecule has 0 bridgehead atoms. The number of aryl methyl sites for hydroxylation is 2. The number of hydrogen-bond donors (Lipinski definition) is 0. The van der Waals surface area contributed by atoms with Crippen molar-refractivity contribution < 1.29 is 4.42 Å². The lowest BCUT2D eigenvalue weighted by Crippen LogP contribution is -1.95. The summed E-state index contributed by atoms with van der Waals surface area (Å²) in [7, 11) is 0. The number of rotatable bonds is 5. The summed E-state index contributed by atoms with van der Waals surface area (Å²) in [6, 6.07) is 13.8. The Labute approximate surface area is 166 Å². The van der Waals surface area contributed by atoms with Gasteiger partial charge >= 0.3 is 0 Å². The number of oxazole rings is 1. The number of halogens is 1. The van der Waals surface area contributed by atoms with Crippen molar-refractivity contribution in [1.29, 1.82) is 0 Å². The molecular weight excluding hydrogens is 380 g/mol. The Hall–Kier alpha value is -2.57. The van der Waals surface area contributed by atoms with Gasteiger partial charge < -0.3 is 4.42 Å². The highest BCUT2D eigenvalue weighted by Crippen LogP contribution is 2.27. The summed E-state index contributed by atoms with van der Waals surface area (Å²) in [4.78, 5) is 4.62. The Morgan fingerprint density at radius 2 is 2.04 bits per heavy atom. The minimum absolute atomic E-state index is 0.633. The number of benzene rings is 2. The summed E-state index contributed by atoms with van der Waals surface area (Å²) >= 11 is 7.63. The molecule has 0 spiro atoms. The van der Waals surface area contributed by atoms with Gasteiger partial charge in [0, 0.05) is 16.3 Å². The zero-order chi connectivity index (χ0) is 18.8. The largest absolute Gasteiger partial charge is 0.444 e. The lowest BCUT2D eigenvalue weighted by atomic mass is 10.1. The van der Waals surface area contributed by atoms with Gasteiger partial charge in [-0.3, -0.25) is 4.57 Å². The molecule has 5 nitrogen and oxygen atoms in total. The third-order valence-corrected chi connectivity index (χ3v) is 5.33. The molecule has 136 valence electrons. The second-order valence-electron chi connectivity index (χ2n) is 6.21. The SMILES string of the molecule is Cc1ccc(-c2nc(CSc3nncn3-c3cccc(Cl)c3)co2)c(C)c1. The van der Waals surface area contributed by atoms with E-state index in [9.17, 15) is 0 Å². The molecule has 2 aromatic heterocycles. The third kappa shape index (κ3) is 3.91. The van der Waals surface area contributed by atoms with E-state index < -0.39 is 0 Å². The van der Waals surface area contributed by atoms with E-state index in [1.807, 2.05) is 34.9 Å². The summed E-state index contributed by atoms with van der Waals surface area (Å²) in [5.74, 6) is 1.27. The molecule has 0 radical (unpaired) electrons. The first-order chi connectivity index (χ1) is 13.1. The molecule has 0 aliphatic rings. The maximum atomic E-state index is 6.09. The Morgan fingerprint density at radius 1 is 1.15 bits per heavy atom. The van der Waals surface area contributed by atoms with Gasteiger partial charge in [0.25, 0.3) is 0 Å². The molecule has 0 atom stereocenters. The van der Waals surface area contributed by atoms with E-state index in [1.165, 1.54) is 5.56 Å². The highest BCUT2D eigenvalue weighted by Gasteiger charge is 2.12. The van der Waals surface area contributed by atoms with E-state index in [4.69, 9.17) is 16.0 Å². The van der Waals surface area contributed by atoms with Crippen molar-refractivity contribution in [2.24, 2.45) is 0 Å². The van der Waals surface area contributed by atoms with Crippen molar-refractivity contribution in [3.05, 3.63) is 76.9 Å². The van der Waals surface area contributed by atoms with Crippen LogP contribution in [0, 0.1) is 13.8 Å². The average molecular weight is 397 g/mol. The van der Waals surface area contributed by atoms with Crippen molar-refractivity contribution >= 4 is 23.4 Å². The van der Waals surface area contributed by atoms with E-state index in [1.54, 1.807) is 24.4 Å². The van der Waals surface area contributed by atoms with Crippen molar-refractivity contribution in [2.75, 3.05) is 0 Å². The number of aromatic nitrogens is 4. The predicted octanol–water partition coefficient (Wildman–Crippen LogP) is 5.48. The summed E-state index contributed by atoms with van der Waals surface area (Å²) < 4.78 is 7.59. The van der Waals surface area contributed by atoms with Gasteiger partial charge in [-0.1, -0.05) is 47.1 Å². The third-order valence-electron chi connectivity index (χ3n) is 4.12. The lowest BCUT2D eigenvalue weighted by Gasteiger charge is -2.05. The molecule has 0 unspecified atom stereocenters. The fraction of sp³-hybridized carbons (Fsp3) is 0.150. The Morgan fingerprint density at radius 3 is 2.85 bits per heavy atom. The molecule has 27 heavy (non-hydrogen) atoms. The van der Waals surface area contributed by atoms with Crippen LogP contribution in [-0.2, 0) is 5.75 Å². The van der Waals surface area contributed by atoms with Gasteiger partial charge in [0.2, 0.25) is 5.89 Å². The first-order valence-corrected chi connectivity index (χ1v) is 9.77. The second kappa shape index (κ2) is 7.58. The van der Waals surface area contributed by atoms with Gasteiger partial charge in [-0.15, -0.1) is 10.2 Å². The highest BCUT2D eigenvalue weighted by molar-refractivity contribution is 7.98. The first-order valence-electron chi connectivity index (χ1n) is 8.41. The zero-order valence-corrected chi connectivity index (χ0v) is 16.5. The van der Waals surface area contributed by atoms with Gasteiger partial charge in [-0.25, -0.2) is 4.98 Å². The number of thioether (sulfide) groups is 1. The van der Waals surface area contributed by atoms with Gasteiger partial charge in [0.1, 0.15) is 12.6 Å². The smallest absolute Gasteiger partial charge is 0.226 e. The Kier molecular flexibility index (Phi) is 5.01. The molecule has 4 rings (SSSR count).